The lowest BCUT2D eigenvalue weighted by atomic mass is 10.1. The van der Waals surface area contributed by atoms with Crippen molar-refractivity contribution in [1.82, 2.24) is 0 Å². The van der Waals surface area contributed by atoms with E-state index in [1.54, 1.807) is 19.1 Å². The monoisotopic (exact) mass is 408 g/mol. The minimum absolute atomic E-state index is 0.0326. The van der Waals surface area contributed by atoms with E-state index < -0.39 is 33.8 Å². The SMILES string of the molecule is COC(=O)c1ccc(C)c(NC(=O)[C@H](C)N(c2cccc(F)c2)S(C)(=O)=O)c1. The zero-order valence-corrected chi connectivity index (χ0v) is 16.7. The number of sulfonamides is 1. The number of aryl methyl sites for hydroxylation is 1. The standard InChI is InChI=1S/C19H21FN2O5S/c1-12-8-9-14(19(24)27-3)10-17(12)21-18(23)13(2)22(28(4,25)26)16-7-5-6-15(20)11-16/h5-11,13H,1-4H3,(H,21,23)/t13-/m0/s1. The van der Waals surface area contributed by atoms with Crippen molar-refractivity contribution in [3.63, 3.8) is 0 Å². The summed E-state index contributed by atoms with van der Waals surface area (Å²) in [5, 5.41) is 2.62. The molecule has 2 aromatic carbocycles. The first-order valence-corrected chi connectivity index (χ1v) is 10.1. The number of benzene rings is 2. The number of esters is 1. The Bertz CT molecular complexity index is 1010. The molecule has 2 rings (SSSR count). The Balaban J connectivity index is 2.35. The third-order valence-electron chi connectivity index (χ3n) is 4.07. The average Bonchev–Trinajstić information content (AvgIpc) is 2.61. The largest absolute Gasteiger partial charge is 0.465 e. The molecule has 0 radical (unpaired) electrons. The van der Waals surface area contributed by atoms with Gasteiger partial charge in [-0.15, -0.1) is 0 Å². The highest BCUT2D eigenvalue weighted by atomic mass is 32.2. The van der Waals surface area contributed by atoms with E-state index in [4.69, 9.17) is 0 Å². The number of carbonyl (C=O) groups is 2. The van der Waals surface area contributed by atoms with Gasteiger partial charge in [0.2, 0.25) is 15.9 Å². The van der Waals surface area contributed by atoms with E-state index in [0.29, 0.717) is 11.3 Å². The van der Waals surface area contributed by atoms with Gasteiger partial charge in [0.05, 0.1) is 24.6 Å². The number of anilines is 2. The molecule has 1 amide bonds. The number of nitrogens with one attached hydrogen (secondary N) is 1. The summed E-state index contributed by atoms with van der Waals surface area (Å²) in [5.41, 5.74) is 1.28. The molecule has 150 valence electrons. The molecule has 0 spiro atoms. The first-order chi connectivity index (χ1) is 13.0. The number of rotatable bonds is 6. The normalized spacial score (nSPS) is 12.2. The Morgan fingerprint density at radius 2 is 1.86 bits per heavy atom. The van der Waals surface area contributed by atoms with E-state index in [2.05, 4.69) is 10.1 Å². The molecule has 7 nitrogen and oxygen atoms in total. The van der Waals surface area contributed by atoms with Crippen molar-refractivity contribution in [2.24, 2.45) is 0 Å². The molecule has 28 heavy (non-hydrogen) atoms. The van der Waals surface area contributed by atoms with Crippen LogP contribution in [0.15, 0.2) is 42.5 Å². The highest BCUT2D eigenvalue weighted by Gasteiger charge is 2.29. The fraction of sp³-hybridized carbons (Fsp3) is 0.263. The predicted molar refractivity (Wildman–Crippen MR) is 104 cm³/mol. The van der Waals surface area contributed by atoms with Crippen molar-refractivity contribution >= 4 is 33.3 Å². The number of ether oxygens (including phenoxy) is 1. The molecule has 0 bridgehead atoms. The number of hydrogen-bond acceptors (Lipinski definition) is 5. The molecule has 9 heteroatoms. The second kappa shape index (κ2) is 8.39. The number of methoxy groups -OCH3 is 1. The number of halogens is 1. The second-order valence-electron chi connectivity index (χ2n) is 6.23. The number of carbonyl (C=O) groups excluding carboxylic acids is 2. The van der Waals surface area contributed by atoms with Crippen LogP contribution in [-0.2, 0) is 19.6 Å². The number of hydrogen-bond donors (Lipinski definition) is 1. The van der Waals surface area contributed by atoms with Gasteiger partial charge in [-0.1, -0.05) is 12.1 Å². The summed E-state index contributed by atoms with van der Waals surface area (Å²) < 4.78 is 43.6. The van der Waals surface area contributed by atoms with Crippen LogP contribution in [0.1, 0.15) is 22.8 Å². The van der Waals surface area contributed by atoms with Crippen molar-refractivity contribution in [3.05, 3.63) is 59.4 Å². The fourth-order valence-corrected chi connectivity index (χ4v) is 3.83. The zero-order valence-electron chi connectivity index (χ0n) is 15.9. The molecule has 1 atom stereocenters. The van der Waals surface area contributed by atoms with Crippen LogP contribution in [0.4, 0.5) is 15.8 Å². The minimum atomic E-state index is -3.88. The Labute approximate surface area is 163 Å². The van der Waals surface area contributed by atoms with Gasteiger partial charge in [-0.3, -0.25) is 9.10 Å². The lowest BCUT2D eigenvalue weighted by molar-refractivity contribution is -0.116. The molecule has 0 aliphatic heterocycles. The van der Waals surface area contributed by atoms with Crippen LogP contribution in [-0.4, -0.2) is 39.7 Å². The molecule has 1 N–H and O–H groups in total. The summed E-state index contributed by atoms with van der Waals surface area (Å²) in [7, 11) is -2.63. The third kappa shape index (κ3) is 4.86. The maximum Gasteiger partial charge on any atom is 0.337 e. The Kier molecular flexibility index (Phi) is 6.40. The summed E-state index contributed by atoms with van der Waals surface area (Å²) in [4.78, 5) is 24.4. The zero-order chi connectivity index (χ0) is 21.1. The third-order valence-corrected chi connectivity index (χ3v) is 5.31. The van der Waals surface area contributed by atoms with E-state index in [1.165, 1.54) is 38.3 Å². The van der Waals surface area contributed by atoms with Gasteiger partial charge in [-0.25, -0.2) is 17.6 Å². The minimum Gasteiger partial charge on any atom is -0.465 e. The molecule has 0 saturated heterocycles. The Morgan fingerprint density at radius 3 is 2.43 bits per heavy atom. The van der Waals surface area contributed by atoms with Gasteiger partial charge in [0, 0.05) is 5.69 Å². The molecule has 0 aliphatic carbocycles. The molecule has 0 aliphatic rings. The summed E-state index contributed by atoms with van der Waals surface area (Å²) in [5.74, 6) is -1.83. The van der Waals surface area contributed by atoms with E-state index in [0.717, 1.165) is 16.6 Å². The molecular weight excluding hydrogens is 387 g/mol. The van der Waals surface area contributed by atoms with Crippen molar-refractivity contribution in [3.8, 4) is 0 Å². The fourth-order valence-electron chi connectivity index (χ4n) is 2.66. The van der Waals surface area contributed by atoms with Gasteiger partial charge in [0.1, 0.15) is 11.9 Å². The predicted octanol–water partition coefficient (Wildman–Crippen LogP) is 2.71. The molecule has 0 fully saturated rings. The van der Waals surface area contributed by atoms with Gasteiger partial charge < -0.3 is 10.1 Å². The maximum atomic E-state index is 13.6. The van der Waals surface area contributed by atoms with Crippen molar-refractivity contribution in [2.75, 3.05) is 23.0 Å². The lowest BCUT2D eigenvalue weighted by Gasteiger charge is -2.28. The molecule has 0 saturated carbocycles. The second-order valence-corrected chi connectivity index (χ2v) is 8.08. The molecule has 2 aromatic rings. The highest BCUT2D eigenvalue weighted by molar-refractivity contribution is 7.92. The molecule has 0 aromatic heterocycles. The van der Waals surface area contributed by atoms with Crippen LogP contribution < -0.4 is 9.62 Å². The van der Waals surface area contributed by atoms with Crippen LogP contribution in [0.2, 0.25) is 0 Å². The number of amides is 1. The quantitative estimate of drug-likeness (QED) is 0.742. The van der Waals surface area contributed by atoms with Crippen LogP contribution >= 0.6 is 0 Å². The summed E-state index contributed by atoms with van der Waals surface area (Å²) >= 11 is 0. The highest BCUT2D eigenvalue weighted by Crippen LogP contribution is 2.23. The first-order valence-electron chi connectivity index (χ1n) is 8.29. The van der Waals surface area contributed by atoms with E-state index in [-0.39, 0.29) is 11.3 Å². The van der Waals surface area contributed by atoms with Crippen molar-refractivity contribution in [1.29, 1.82) is 0 Å². The Morgan fingerprint density at radius 1 is 1.18 bits per heavy atom. The first kappa shape index (κ1) is 21.4. The van der Waals surface area contributed by atoms with Crippen LogP contribution in [0.25, 0.3) is 0 Å². The van der Waals surface area contributed by atoms with E-state index in [1.807, 2.05) is 0 Å². The van der Waals surface area contributed by atoms with Crippen molar-refractivity contribution < 1.29 is 27.1 Å². The topological polar surface area (TPSA) is 92.8 Å². The lowest BCUT2D eigenvalue weighted by Crippen LogP contribution is -2.45. The Hall–Kier alpha value is -2.94. The van der Waals surface area contributed by atoms with Gasteiger partial charge in [-0.2, -0.15) is 0 Å². The molecule has 0 unspecified atom stereocenters. The van der Waals surface area contributed by atoms with Gasteiger partial charge in [0.25, 0.3) is 0 Å². The van der Waals surface area contributed by atoms with Crippen LogP contribution in [0.3, 0.4) is 0 Å². The van der Waals surface area contributed by atoms with Gasteiger partial charge >= 0.3 is 5.97 Å². The van der Waals surface area contributed by atoms with Crippen molar-refractivity contribution in [2.45, 2.75) is 19.9 Å². The van der Waals surface area contributed by atoms with Crippen LogP contribution in [0.5, 0.6) is 0 Å². The van der Waals surface area contributed by atoms with Gasteiger partial charge in [0.15, 0.2) is 0 Å². The van der Waals surface area contributed by atoms with Gasteiger partial charge in [-0.05, 0) is 49.7 Å². The summed E-state index contributed by atoms with van der Waals surface area (Å²) in [6, 6.07) is 8.43. The maximum absolute atomic E-state index is 13.6. The summed E-state index contributed by atoms with van der Waals surface area (Å²) in [6.07, 6.45) is 0.935. The van der Waals surface area contributed by atoms with E-state index >= 15 is 0 Å². The molecule has 0 heterocycles. The number of nitrogens with zero attached hydrogens (tertiary/aromatic N) is 1. The van der Waals surface area contributed by atoms with E-state index in [9.17, 15) is 22.4 Å². The van der Waals surface area contributed by atoms with Crippen LogP contribution in [0, 0.1) is 12.7 Å². The summed E-state index contributed by atoms with van der Waals surface area (Å²) in [6.45, 7) is 3.11. The molecular formula is C19H21FN2O5S. The smallest absolute Gasteiger partial charge is 0.337 e. The average molecular weight is 408 g/mol.